The van der Waals surface area contributed by atoms with Gasteiger partial charge in [-0.1, -0.05) is 65.3 Å². The molecule has 8 nitrogen and oxygen atoms in total. The number of anilines is 1. The maximum absolute atomic E-state index is 15.1. The number of hydrogen-bond acceptors (Lipinski definition) is 7. The lowest BCUT2D eigenvalue weighted by Gasteiger charge is -2.18. The fraction of sp³-hybridized carbons (Fsp3) is 0.125. The largest absolute Gasteiger partial charge is 0.444 e. The van der Waals surface area contributed by atoms with Crippen molar-refractivity contribution in [2.24, 2.45) is 0 Å². The summed E-state index contributed by atoms with van der Waals surface area (Å²) in [5.74, 6) is -0.621. The first-order chi connectivity index (χ1) is 20.0. The fourth-order valence-corrected chi connectivity index (χ4v) is 4.23. The molecule has 0 bridgehead atoms. The van der Waals surface area contributed by atoms with Gasteiger partial charge >= 0.3 is 0 Å². The van der Waals surface area contributed by atoms with E-state index >= 15 is 4.39 Å². The van der Waals surface area contributed by atoms with Crippen molar-refractivity contribution in [3.8, 4) is 22.8 Å². The van der Waals surface area contributed by atoms with Gasteiger partial charge in [-0.05, 0) is 60.5 Å². The van der Waals surface area contributed by atoms with Gasteiger partial charge in [-0.2, -0.15) is 4.98 Å². The van der Waals surface area contributed by atoms with Crippen LogP contribution in [0.4, 0.5) is 10.1 Å². The zero-order valence-electron chi connectivity index (χ0n) is 22.2. The molecule has 9 heteroatoms. The number of amides is 1. The average Bonchev–Trinajstić information content (AvgIpc) is 3.47. The van der Waals surface area contributed by atoms with E-state index in [-0.39, 0.29) is 30.2 Å². The van der Waals surface area contributed by atoms with E-state index in [0.717, 1.165) is 22.4 Å². The van der Waals surface area contributed by atoms with Gasteiger partial charge in [-0.25, -0.2) is 4.39 Å². The number of nitrogens with zero attached hydrogens (tertiary/aromatic N) is 2. The van der Waals surface area contributed by atoms with Gasteiger partial charge in [0.15, 0.2) is 6.23 Å². The zero-order valence-corrected chi connectivity index (χ0v) is 22.2. The third kappa shape index (κ3) is 7.02. The van der Waals surface area contributed by atoms with E-state index in [4.69, 9.17) is 9.26 Å². The highest BCUT2D eigenvalue weighted by atomic mass is 19.1. The molecule has 0 aliphatic heterocycles. The first kappa shape index (κ1) is 27.3. The topological polar surface area (TPSA) is 106 Å². The predicted molar refractivity (Wildman–Crippen MR) is 152 cm³/mol. The third-order valence-corrected chi connectivity index (χ3v) is 6.40. The summed E-state index contributed by atoms with van der Waals surface area (Å²) in [6.07, 6.45) is -0.960. The van der Waals surface area contributed by atoms with Crippen LogP contribution in [-0.2, 0) is 22.5 Å². The molecule has 0 radical (unpaired) electrons. The van der Waals surface area contributed by atoms with Gasteiger partial charge in [0.25, 0.3) is 18.3 Å². The van der Waals surface area contributed by atoms with Gasteiger partial charge < -0.3 is 19.9 Å². The second kappa shape index (κ2) is 12.7. The molecule has 1 unspecified atom stereocenters. The van der Waals surface area contributed by atoms with Crippen molar-refractivity contribution in [3.63, 3.8) is 0 Å². The highest BCUT2D eigenvalue weighted by molar-refractivity contribution is 5.95. The van der Waals surface area contributed by atoms with Crippen LogP contribution >= 0.6 is 0 Å². The Bertz CT molecular complexity index is 1640. The normalized spacial score (nSPS) is 11.5. The van der Waals surface area contributed by atoms with Gasteiger partial charge in [0.1, 0.15) is 5.82 Å². The van der Waals surface area contributed by atoms with Gasteiger partial charge in [-0.15, -0.1) is 0 Å². The molecule has 1 aromatic heterocycles. The molecule has 41 heavy (non-hydrogen) atoms. The van der Waals surface area contributed by atoms with E-state index in [1.54, 1.807) is 24.3 Å². The van der Waals surface area contributed by atoms with E-state index in [2.05, 4.69) is 20.8 Å². The smallest absolute Gasteiger partial charge is 0.295 e. The number of benzene rings is 4. The summed E-state index contributed by atoms with van der Waals surface area (Å²) in [6, 6.07) is 28.9. The lowest BCUT2D eigenvalue weighted by atomic mass is 10.1. The summed E-state index contributed by atoms with van der Waals surface area (Å²) in [4.78, 5) is 28.4. The fourth-order valence-electron chi connectivity index (χ4n) is 4.23. The predicted octanol–water partition coefficient (Wildman–Crippen LogP) is 5.93. The van der Waals surface area contributed by atoms with Crippen molar-refractivity contribution in [1.29, 1.82) is 0 Å². The Morgan fingerprint density at radius 3 is 2.54 bits per heavy atom. The van der Waals surface area contributed by atoms with Crippen LogP contribution in [0.5, 0.6) is 0 Å². The van der Waals surface area contributed by atoms with E-state index < -0.39 is 18.0 Å². The first-order valence-corrected chi connectivity index (χ1v) is 13.0. The molecular weight excluding hydrogens is 523 g/mol. The summed E-state index contributed by atoms with van der Waals surface area (Å²) < 4.78 is 25.5. The van der Waals surface area contributed by atoms with Gasteiger partial charge in [-0.3, -0.25) is 9.59 Å². The van der Waals surface area contributed by atoms with Gasteiger partial charge in [0.05, 0.1) is 5.56 Å². The Morgan fingerprint density at radius 1 is 0.976 bits per heavy atom. The third-order valence-electron chi connectivity index (χ3n) is 6.40. The quantitative estimate of drug-likeness (QED) is 0.155. The van der Waals surface area contributed by atoms with Crippen LogP contribution in [0.1, 0.15) is 27.0 Å². The molecule has 0 saturated heterocycles. The molecule has 5 rings (SSSR count). The number of halogens is 1. The van der Waals surface area contributed by atoms with E-state index in [1.165, 1.54) is 12.1 Å². The van der Waals surface area contributed by atoms with Crippen molar-refractivity contribution in [2.75, 3.05) is 5.32 Å². The lowest BCUT2D eigenvalue weighted by Crippen LogP contribution is -2.38. The monoisotopic (exact) mass is 550 g/mol. The van der Waals surface area contributed by atoms with Crippen LogP contribution in [0.2, 0.25) is 0 Å². The van der Waals surface area contributed by atoms with Crippen LogP contribution in [0.15, 0.2) is 102 Å². The minimum Gasteiger partial charge on any atom is -0.444 e. The second-order valence-electron chi connectivity index (χ2n) is 9.42. The Kier molecular flexibility index (Phi) is 8.44. The number of rotatable bonds is 11. The molecule has 4 aromatic carbocycles. The van der Waals surface area contributed by atoms with Crippen LogP contribution in [0.25, 0.3) is 22.8 Å². The number of ether oxygens (including phenoxy) is 1. The number of carbonyl (C=O) groups excluding carboxylic acids is 2. The Hall–Kier alpha value is -5.31. The molecule has 206 valence electrons. The maximum Gasteiger partial charge on any atom is 0.295 e. The second-order valence-corrected chi connectivity index (χ2v) is 9.42. The number of nitrogens with one attached hydrogen (secondary N) is 2. The van der Waals surface area contributed by atoms with Crippen LogP contribution in [0.3, 0.4) is 0 Å². The Morgan fingerprint density at radius 2 is 1.78 bits per heavy atom. The number of hydrogen-bond donors (Lipinski definition) is 2. The van der Waals surface area contributed by atoms with Crippen LogP contribution in [0, 0.1) is 12.7 Å². The average molecular weight is 551 g/mol. The Labute approximate surface area is 236 Å². The standard InChI is InChI=1S/C32H27FN4O4/c1-21-10-13-24(14-11-21)32-36-30(37-41-32)27-15-12-23(16-28(27)33)17-29(40-20-38)35-31(39)25-8-5-9-26(18-25)34-19-22-6-3-2-4-7-22/h2-16,18,20,29,34H,17,19H2,1H3,(H,35,39). The van der Waals surface area contributed by atoms with Crippen molar-refractivity contribution in [1.82, 2.24) is 15.5 Å². The first-order valence-electron chi connectivity index (χ1n) is 13.0. The van der Waals surface area contributed by atoms with Crippen LogP contribution < -0.4 is 10.6 Å². The summed E-state index contributed by atoms with van der Waals surface area (Å²) in [5.41, 5.74) is 4.73. The highest BCUT2D eigenvalue weighted by Crippen LogP contribution is 2.25. The summed E-state index contributed by atoms with van der Waals surface area (Å²) in [6.45, 7) is 2.82. The van der Waals surface area contributed by atoms with Crippen molar-refractivity contribution in [2.45, 2.75) is 26.1 Å². The molecule has 5 aromatic rings. The Balaban J connectivity index is 1.24. The van der Waals surface area contributed by atoms with Crippen molar-refractivity contribution >= 4 is 18.1 Å². The number of aromatic nitrogens is 2. The maximum atomic E-state index is 15.1. The van der Waals surface area contributed by atoms with Crippen LogP contribution in [-0.4, -0.2) is 28.7 Å². The number of carbonyl (C=O) groups is 2. The minimum absolute atomic E-state index is 0.0501. The minimum atomic E-state index is -1.01. The van der Waals surface area contributed by atoms with Gasteiger partial charge in [0, 0.05) is 29.8 Å². The van der Waals surface area contributed by atoms with E-state index in [0.29, 0.717) is 17.7 Å². The van der Waals surface area contributed by atoms with Gasteiger partial charge in [0.2, 0.25) is 5.82 Å². The van der Waals surface area contributed by atoms with E-state index in [9.17, 15) is 9.59 Å². The molecule has 0 saturated carbocycles. The molecule has 0 spiro atoms. The highest BCUT2D eigenvalue weighted by Gasteiger charge is 2.19. The number of aryl methyl sites for hydroxylation is 1. The molecule has 0 aliphatic rings. The summed E-state index contributed by atoms with van der Waals surface area (Å²) in [5, 5.41) is 9.90. The van der Waals surface area contributed by atoms with E-state index in [1.807, 2.05) is 67.6 Å². The van der Waals surface area contributed by atoms with Crippen molar-refractivity contribution < 1.29 is 23.2 Å². The van der Waals surface area contributed by atoms with Crippen molar-refractivity contribution in [3.05, 3.63) is 125 Å². The SMILES string of the molecule is Cc1ccc(-c2nc(-c3ccc(CC(NC(=O)c4cccc(NCc5ccccc5)c4)OC=O)cc3F)no2)cc1. The molecule has 1 heterocycles. The molecule has 0 fully saturated rings. The molecule has 2 N–H and O–H groups in total. The molecule has 0 aliphatic carbocycles. The molecule has 1 atom stereocenters. The summed E-state index contributed by atoms with van der Waals surface area (Å²) >= 11 is 0. The zero-order chi connectivity index (χ0) is 28.6. The molecule has 1 amide bonds. The lowest BCUT2D eigenvalue weighted by molar-refractivity contribution is -0.134. The summed E-state index contributed by atoms with van der Waals surface area (Å²) in [7, 11) is 0. The molecular formula is C32H27FN4O4.